The van der Waals surface area contributed by atoms with E-state index in [0.29, 0.717) is 10.6 Å². The first kappa shape index (κ1) is 15.9. The van der Waals surface area contributed by atoms with Crippen LogP contribution in [0.2, 0.25) is 5.02 Å². The lowest BCUT2D eigenvalue weighted by Gasteiger charge is -2.07. The molecule has 1 N–H and O–H groups in total. The molecular formula is C16H13ClN4O3. The summed E-state index contributed by atoms with van der Waals surface area (Å²) in [7, 11) is 0. The van der Waals surface area contributed by atoms with Gasteiger partial charge in [0, 0.05) is 11.8 Å². The molecule has 0 saturated heterocycles. The predicted octanol–water partition coefficient (Wildman–Crippen LogP) is 1.87. The molecule has 2 aromatic heterocycles. The molecule has 0 aliphatic carbocycles. The van der Waals surface area contributed by atoms with E-state index in [1.807, 2.05) is 6.07 Å². The van der Waals surface area contributed by atoms with Gasteiger partial charge in [-0.2, -0.15) is 0 Å². The Hall–Kier alpha value is -2.93. The fourth-order valence-electron chi connectivity index (χ4n) is 2.14. The van der Waals surface area contributed by atoms with Crippen molar-refractivity contribution in [1.29, 1.82) is 0 Å². The zero-order chi connectivity index (χ0) is 16.9. The maximum absolute atomic E-state index is 12.1. The highest BCUT2D eigenvalue weighted by Crippen LogP contribution is 2.25. The van der Waals surface area contributed by atoms with Crippen LogP contribution in [-0.2, 0) is 17.9 Å². The van der Waals surface area contributed by atoms with Crippen LogP contribution in [0.3, 0.4) is 0 Å². The van der Waals surface area contributed by atoms with Crippen molar-refractivity contribution in [2.24, 2.45) is 0 Å². The summed E-state index contributed by atoms with van der Waals surface area (Å²) in [5, 5.41) is 6.82. The number of benzene rings is 1. The van der Waals surface area contributed by atoms with Crippen molar-refractivity contribution < 1.29 is 9.32 Å². The quantitative estimate of drug-likeness (QED) is 0.763. The van der Waals surface area contributed by atoms with Gasteiger partial charge < -0.3 is 5.32 Å². The Morgan fingerprint density at radius 2 is 2.00 bits per heavy atom. The van der Waals surface area contributed by atoms with E-state index < -0.39 is 5.76 Å². The highest BCUT2D eigenvalue weighted by Gasteiger charge is 2.17. The van der Waals surface area contributed by atoms with Crippen molar-refractivity contribution in [2.75, 3.05) is 0 Å². The average Bonchev–Trinajstić information content (AvgIpc) is 2.95. The Bertz CT molecular complexity index is 905. The zero-order valence-electron chi connectivity index (χ0n) is 12.5. The van der Waals surface area contributed by atoms with Crippen LogP contribution in [0, 0.1) is 0 Å². The molecule has 2 heterocycles. The van der Waals surface area contributed by atoms with Gasteiger partial charge in [0.1, 0.15) is 6.54 Å². The predicted molar refractivity (Wildman–Crippen MR) is 87.3 cm³/mol. The second kappa shape index (κ2) is 7.10. The maximum atomic E-state index is 12.1. The first-order chi connectivity index (χ1) is 11.6. The molecule has 122 valence electrons. The first-order valence-corrected chi connectivity index (χ1v) is 7.51. The smallest absolute Gasteiger partial charge is 0.349 e. The molecule has 0 unspecified atom stereocenters. The van der Waals surface area contributed by atoms with Crippen molar-refractivity contribution in [3.8, 4) is 11.4 Å². The minimum Gasteiger partial charge on any atom is -0.349 e. The van der Waals surface area contributed by atoms with E-state index in [4.69, 9.17) is 11.6 Å². The number of hydrogen-bond donors (Lipinski definition) is 1. The normalized spacial score (nSPS) is 10.5. The summed E-state index contributed by atoms with van der Waals surface area (Å²) in [4.78, 5) is 28.0. The molecule has 0 aliphatic heterocycles. The monoisotopic (exact) mass is 344 g/mol. The molecule has 3 aromatic rings. The Kier molecular flexibility index (Phi) is 4.72. The van der Waals surface area contributed by atoms with Gasteiger partial charge in [0.25, 0.3) is 0 Å². The van der Waals surface area contributed by atoms with E-state index in [2.05, 4.69) is 20.0 Å². The van der Waals surface area contributed by atoms with Gasteiger partial charge in [0.15, 0.2) is 5.82 Å². The number of carbonyl (C=O) groups is 1. The fourth-order valence-corrected chi connectivity index (χ4v) is 2.36. The number of carbonyl (C=O) groups excluding carboxylic acids is 1. The second-order valence-corrected chi connectivity index (χ2v) is 5.34. The molecule has 24 heavy (non-hydrogen) atoms. The fraction of sp³-hybridized carbons (Fsp3) is 0.125. The largest absolute Gasteiger partial charge is 0.442 e. The summed E-state index contributed by atoms with van der Waals surface area (Å²) in [5.41, 5.74) is 1.23. The minimum atomic E-state index is -0.724. The van der Waals surface area contributed by atoms with Crippen molar-refractivity contribution >= 4 is 17.5 Å². The van der Waals surface area contributed by atoms with E-state index in [1.165, 1.54) is 0 Å². The highest BCUT2D eigenvalue weighted by molar-refractivity contribution is 6.33. The Morgan fingerprint density at radius 1 is 1.21 bits per heavy atom. The molecule has 0 radical (unpaired) electrons. The molecule has 0 aliphatic rings. The van der Waals surface area contributed by atoms with Crippen LogP contribution >= 0.6 is 11.6 Å². The molecule has 0 bridgehead atoms. The Morgan fingerprint density at radius 3 is 2.75 bits per heavy atom. The standard InChI is InChI=1S/C16H13ClN4O3/c17-13-7-2-1-6-12(13)15-20-24-16(23)21(15)10-14(22)19-9-11-5-3-4-8-18-11/h1-8H,9-10H2,(H,19,22). The lowest BCUT2D eigenvalue weighted by molar-refractivity contribution is -0.121. The number of hydrogen-bond acceptors (Lipinski definition) is 5. The number of rotatable bonds is 5. The summed E-state index contributed by atoms with van der Waals surface area (Å²) in [6, 6.07) is 12.3. The van der Waals surface area contributed by atoms with Crippen LogP contribution in [0.4, 0.5) is 0 Å². The van der Waals surface area contributed by atoms with Gasteiger partial charge in [-0.25, -0.2) is 9.36 Å². The van der Waals surface area contributed by atoms with Gasteiger partial charge in [-0.05, 0) is 24.3 Å². The van der Waals surface area contributed by atoms with Gasteiger partial charge in [-0.1, -0.05) is 35.0 Å². The van der Waals surface area contributed by atoms with E-state index in [0.717, 1.165) is 10.3 Å². The first-order valence-electron chi connectivity index (χ1n) is 7.13. The highest BCUT2D eigenvalue weighted by atomic mass is 35.5. The van der Waals surface area contributed by atoms with Gasteiger partial charge in [0.2, 0.25) is 5.91 Å². The lowest BCUT2D eigenvalue weighted by Crippen LogP contribution is -2.31. The number of pyridine rings is 1. The molecule has 1 amide bonds. The van der Waals surface area contributed by atoms with Crippen molar-refractivity contribution in [3.05, 3.63) is 69.9 Å². The van der Waals surface area contributed by atoms with Gasteiger partial charge in [-0.3, -0.25) is 14.3 Å². The average molecular weight is 345 g/mol. The Balaban J connectivity index is 1.76. The van der Waals surface area contributed by atoms with Gasteiger partial charge >= 0.3 is 5.76 Å². The molecule has 8 heteroatoms. The van der Waals surface area contributed by atoms with Crippen LogP contribution in [-0.4, -0.2) is 20.6 Å². The van der Waals surface area contributed by atoms with Crippen LogP contribution in [0.1, 0.15) is 5.69 Å². The van der Waals surface area contributed by atoms with Crippen molar-refractivity contribution in [3.63, 3.8) is 0 Å². The number of amides is 1. The second-order valence-electron chi connectivity index (χ2n) is 4.94. The SMILES string of the molecule is O=C(Cn1c(-c2ccccc2Cl)noc1=O)NCc1ccccn1. The summed E-state index contributed by atoms with van der Waals surface area (Å²) in [5.74, 6) is -0.879. The van der Waals surface area contributed by atoms with Gasteiger partial charge in [0.05, 0.1) is 17.3 Å². The van der Waals surface area contributed by atoms with E-state index in [-0.39, 0.29) is 24.8 Å². The van der Waals surface area contributed by atoms with Gasteiger partial charge in [-0.15, -0.1) is 0 Å². The number of nitrogens with one attached hydrogen (secondary N) is 1. The van der Waals surface area contributed by atoms with Crippen LogP contribution in [0.5, 0.6) is 0 Å². The molecule has 3 rings (SSSR count). The molecule has 0 fully saturated rings. The number of nitrogens with zero attached hydrogens (tertiary/aromatic N) is 3. The van der Waals surface area contributed by atoms with E-state index in [1.54, 1.807) is 42.6 Å². The maximum Gasteiger partial charge on any atom is 0.442 e. The van der Waals surface area contributed by atoms with Crippen molar-refractivity contribution in [2.45, 2.75) is 13.1 Å². The third-order valence-electron chi connectivity index (χ3n) is 3.30. The number of halogens is 1. The summed E-state index contributed by atoms with van der Waals surface area (Å²) in [6.45, 7) is 0.0385. The molecule has 1 aromatic carbocycles. The molecule has 0 spiro atoms. The number of aromatic nitrogens is 3. The summed E-state index contributed by atoms with van der Waals surface area (Å²) < 4.78 is 5.81. The zero-order valence-corrected chi connectivity index (χ0v) is 13.2. The van der Waals surface area contributed by atoms with Crippen LogP contribution in [0.15, 0.2) is 58.0 Å². The molecular weight excluding hydrogens is 332 g/mol. The molecule has 0 saturated carbocycles. The minimum absolute atomic E-state index is 0.207. The van der Waals surface area contributed by atoms with E-state index >= 15 is 0 Å². The third-order valence-corrected chi connectivity index (χ3v) is 3.63. The molecule has 7 nitrogen and oxygen atoms in total. The summed E-state index contributed by atoms with van der Waals surface area (Å²) in [6.07, 6.45) is 1.64. The lowest BCUT2D eigenvalue weighted by atomic mass is 10.2. The van der Waals surface area contributed by atoms with Crippen LogP contribution < -0.4 is 11.1 Å². The Labute approximate surface area is 141 Å². The third kappa shape index (κ3) is 3.52. The topological polar surface area (TPSA) is 90.0 Å². The summed E-state index contributed by atoms with van der Waals surface area (Å²) >= 11 is 6.11. The van der Waals surface area contributed by atoms with Crippen molar-refractivity contribution in [1.82, 2.24) is 20.0 Å². The van der Waals surface area contributed by atoms with Crippen LogP contribution in [0.25, 0.3) is 11.4 Å². The van der Waals surface area contributed by atoms with E-state index in [9.17, 15) is 9.59 Å². The molecule has 0 atom stereocenters.